The van der Waals surface area contributed by atoms with Gasteiger partial charge in [-0.1, -0.05) is 30.3 Å². The monoisotopic (exact) mass is 320 g/mol. The molecule has 0 aliphatic carbocycles. The molecule has 0 atom stereocenters. The average Bonchev–Trinajstić information content (AvgIpc) is 2.93. The fourth-order valence-electron chi connectivity index (χ4n) is 2.36. The lowest BCUT2D eigenvalue weighted by molar-refractivity contribution is -0.137. The van der Waals surface area contributed by atoms with Gasteiger partial charge in [0.1, 0.15) is 16.9 Å². The molecule has 0 saturated carbocycles. The van der Waals surface area contributed by atoms with Crippen LogP contribution in [0.15, 0.2) is 52.9 Å². The first kappa shape index (κ1) is 15.1. The molecule has 0 N–H and O–H groups in total. The van der Waals surface area contributed by atoms with E-state index in [2.05, 4.69) is 0 Å². The van der Waals surface area contributed by atoms with Crippen LogP contribution in [-0.2, 0) is 10.9 Å². The maximum atomic E-state index is 12.7. The zero-order valence-corrected chi connectivity index (χ0v) is 12.0. The molecular formula is C17H11F3O3. The van der Waals surface area contributed by atoms with Crippen LogP contribution in [0.1, 0.15) is 15.9 Å². The van der Waals surface area contributed by atoms with E-state index in [0.29, 0.717) is 16.5 Å². The smallest absolute Gasteiger partial charge is 0.416 e. The normalized spacial score (nSPS) is 11.7. The quantitative estimate of drug-likeness (QED) is 0.630. The predicted octanol–water partition coefficient (Wildman–Crippen LogP) is 4.91. The van der Waals surface area contributed by atoms with Gasteiger partial charge < -0.3 is 9.15 Å². The fraction of sp³-hybridized carbons (Fsp3) is 0.118. The zero-order valence-electron chi connectivity index (χ0n) is 12.0. The third kappa shape index (κ3) is 2.67. The molecule has 3 aromatic rings. The number of rotatable bonds is 2. The Kier molecular flexibility index (Phi) is 3.60. The van der Waals surface area contributed by atoms with Crippen LogP contribution in [-0.4, -0.2) is 13.1 Å². The van der Waals surface area contributed by atoms with Crippen LogP contribution < -0.4 is 0 Å². The summed E-state index contributed by atoms with van der Waals surface area (Å²) in [6.07, 6.45) is -4.42. The highest BCUT2D eigenvalue weighted by Crippen LogP contribution is 2.36. The Morgan fingerprint density at radius 3 is 2.30 bits per heavy atom. The molecule has 0 aliphatic heterocycles. The molecule has 0 amide bonds. The summed E-state index contributed by atoms with van der Waals surface area (Å²) >= 11 is 0. The van der Waals surface area contributed by atoms with Gasteiger partial charge in [0.05, 0.1) is 12.7 Å². The molecule has 3 rings (SSSR count). The van der Waals surface area contributed by atoms with Crippen molar-refractivity contribution in [3.63, 3.8) is 0 Å². The van der Waals surface area contributed by atoms with Crippen molar-refractivity contribution >= 4 is 16.9 Å². The summed E-state index contributed by atoms with van der Waals surface area (Å²) in [5, 5.41) is 0.550. The molecule has 0 unspecified atom stereocenters. The number of methoxy groups -OCH3 is 1. The molecule has 0 saturated heterocycles. The number of ether oxygens (including phenoxy) is 1. The van der Waals surface area contributed by atoms with Gasteiger partial charge in [0, 0.05) is 10.9 Å². The number of carbonyl (C=O) groups excluding carboxylic acids is 1. The molecule has 2 aromatic carbocycles. The number of fused-ring (bicyclic) bond motifs is 1. The Bertz CT molecular complexity index is 861. The number of carbonyl (C=O) groups is 1. The van der Waals surface area contributed by atoms with E-state index in [0.717, 1.165) is 12.1 Å². The van der Waals surface area contributed by atoms with Gasteiger partial charge in [-0.2, -0.15) is 13.2 Å². The third-order valence-electron chi connectivity index (χ3n) is 3.46. The Morgan fingerprint density at radius 1 is 1.04 bits per heavy atom. The minimum atomic E-state index is -4.42. The number of para-hydroxylation sites is 1. The Hall–Kier alpha value is -2.76. The summed E-state index contributed by atoms with van der Waals surface area (Å²) in [5.41, 5.74) is 0.261. The van der Waals surface area contributed by atoms with Crippen molar-refractivity contribution in [3.8, 4) is 11.3 Å². The molecule has 6 heteroatoms. The second kappa shape index (κ2) is 5.46. The van der Waals surface area contributed by atoms with Gasteiger partial charge in [0.2, 0.25) is 0 Å². The summed E-state index contributed by atoms with van der Waals surface area (Å²) in [5.74, 6) is -0.420. The first-order valence-electron chi connectivity index (χ1n) is 6.69. The van der Waals surface area contributed by atoms with Crippen LogP contribution in [0, 0.1) is 0 Å². The standard InChI is InChI=1S/C17H11F3O3/c1-22-16(21)14-12-4-2-3-5-13(12)23-15(14)10-6-8-11(9-7-10)17(18,19)20/h2-9H,1H3. The molecule has 0 spiro atoms. The highest BCUT2D eigenvalue weighted by atomic mass is 19.4. The zero-order chi connectivity index (χ0) is 16.6. The van der Waals surface area contributed by atoms with E-state index in [-0.39, 0.29) is 11.3 Å². The lowest BCUT2D eigenvalue weighted by Gasteiger charge is -2.07. The van der Waals surface area contributed by atoms with E-state index in [1.807, 2.05) is 0 Å². The van der Waals surface area contributed by atoms with Gasteiger partial charge in [0.15, 0.2) is 0 Å². The SMILES string of the molecule is COC(=O)c1c(-c2ccc(C(F)(F)F)cc2)oc2ccccc12. The van der Waals surface area contributed by atoms with Crippen LogP contribution in [0.2, 0.25) is 0 Å². The molecule has 0 fully saturated rings. The lowest BCUT2D eigenvalue weighted by Crippen LogP contribution is -2.04. The first-order chi connectivity index (χ1) is 10.9. The lowest BCUT2D eigenvalue weighted by atomic mass is 10.0. The van der Waals surface area contributed by atoms with Crippen molar-refractivity contribution in [3.05, 3.63) is 59.7 Å². The highest BCUT2D eigenvalue weighted by molar-refractivity contribution is 6.08. The van der Waals surface area contributed by atoms with Crippen LogP contribution in [0.25, 0.3) is 22.3 Å². The highest BCUT2D eigenvalue weighted by Gasteiger charge is 2.30. The maximum absolute atomic E-state index is 12.7. The predicted molar refractivity (Wildman–Crippen MR) is 78.0 cm³/mol. The number of hydrogen-bond donors (Lipinski definition) is 0. The van der Waals surface area contributed by atoms with Crippen molar-refractivity contribution in [2.24, 2.45) is 0 Å². The summed E-state index contributed by atoms with van der Waals surface area (Å²) < 4.78 is 48.4. The Labute approximate surface area is 129 Å². The molecule has 3 nitrogen and oxygen atoms in total. The second-order valence-corrected chi connectivity index (χ2v) is 4.87. The van der Waals surface area contributed by atoms with E-state index < -0.39 is 17.7 Å². The molecule has 118 valence electrons. The largest absolute Gasteiger partial charge is 0.465 e. The van der Waals surface area contributed by atoms with Crippen LogP contribution in [0.5, 0.6) is 0 Å². The molecule has 23 heavy (non-hydrogen) atoms. The van der Waals surface area contributed by atoms with Crippen LogP contribution in [0.3, 0.4) is 0 Å². The van der Waals surface area contributed by atoms with E-state index >= 15 is 0 Å². The van der Waals surface area contributed by atoms with E-state index in [1.54, 1.807) is 24.3 Å². The van der Waals surface area contributed by atoms with E-state index in [9.17, 15) is 18.0 Å². The molecular weight excluding hydrogens is 309 g/mol. The number of benzene rings is 2. The van der Waals surface area contributed by atoms with Crippen molar-refractivity contribution in [2.75, 3.05) is 7.11 Å². The van der Waals surface area contributed by atoms with E-state index in [4.69, 9.17) is 9.15 Å². The number of esters is 1. The summed E-state index contributed by atoms with van der Waals surface area (Å²) in [6.45, 7) is 0. The summed E-state index contributed by atoms with van der Waals surface area (Å²) in [7, 11) is 1.24. The Morgan fingerprint density at radius 2 is 1.70 bits per heavy atom. The van der Waals surface area contributed by atoms with Crippen LogP contribution in [0.4, 0.5) is 13.2 Å². The maximum Gasteiger partial charge on any atom is 0.416 e. The molecule has 0 bridgehead atoms. The summed E-state index contributed by atoms with van der Waals surface area (Å²) in [4.78, 5) is 12.0. The molecule has 1 heterocycles. The van der Waals surface area contributed by atoms with Gasteiger partial charge in [0.25, 0.3) is 0 Å². The number of hydrogen-bond acceptors (Lipinski definition) is 3. The number of furan rings is 1. The molecule has 1 aromatic heterocycles. The molecule has 0 aliphatic rings. The van der Waals surface area contributed by atoms with E-state index in [1.165, 1.54) is 19.2 Å². The Balaban J connectivity index is 2.17. The van der Waals surface area contributed by atoms with Gasteiger partial charge in [-0.25, -0.2) is 4.79 Å². The topological polar surface area (TPSA) is 39.4 Å². The minimum Gasteiger partial charge on any atom is -0.465 e. The minimum absolute atomic E-state index is 0.187. The first-order valence-corrected chi connectivity index (χ1v) is 6.69. The second-order valence-electron chi connectivity index (χ2n) is 4.87. The number of halogens is 3. The summed E-state index contributed by atoms with van der Waals surface area (Å²) in [6, 6.07) is 11.3. The third-order valence-corrected chi connectivity index (χ3v) is 3.46. The van der Waals surface area contributed by atoms with Gasteiger partial charge in [-0.05, 0) is 18.2 Å². The van der Waals surface area contributed by atoms with Crippen molar-refractivity contribution in [1.29, 1.82) is 0 Å². The fourth-order valence-corrected chi connectivity index (χ4v) is 2.36. The van der Waals surface area contributed by atoms with Crippen molar-refractivity contribution < 1.29 is 27.1 Å². The van der Waals surface area contributed by atoms with Gasteiger partial charge in [-0.3, -0.25) is 0 Å². The van der Waals surface area contributed by atoms with Gasteiger partial charge >= 0.3 is 12.1 Å². The average molecular weight is 320 g/mol. The van der Waals surface area contributed by atoms with Crippen molar-refractivity contribution in [1.82, 2.24) is 0 Å². The van der Waals surface area contributed by atoms with Crippen LogP contribution >= 0.6 is 0 Å². The molecule has 0 radical (unpaired) electrons. The number of alkyl halides is 3. The van der Waals surface area contributed by atoms with Gasteiger partial charge in [-0.15, -0.1) is 0 Å². The van der Waals surface area contributed by atoms with Crippen molar-refractivity contribution in [2.45, 2.75) is 6.18 Å².